The number of carbonyl (C=O) groups excluding carboxylic acids is 1. The molecule has 0 bridgehead atoms. The number of rotatable bonds is 6. The van der Waals surface area contributed by atoms with Crippen LogP contribution in [0.2, 0.25) is 0 Å². The summed E-state index contributed by atoms with van der Waals surface area (Å²) >= 11 is 0. The fraction of sp³-hybridized carbons (Fsp3) is 0.200. The first-order chi connectivity index (χ1) is 16.7. The summed E-state index contributed by atoms with van der Waals surface area (Å²) in [6.07, 6.45) is -3.33. The van der Waals surface area contributed by atoms with E-state index in [2.05, 4.69) is 5.10 Å². The maximum absolute atomic E-state index is 13.1. The molecule has 0 saturated heterocycles. The Morgan fingerprint density at radius 2 is 1.74 bits per heavy atom. The Bertz CT molecular complexity index is 1250. The minimum Gasteiger partial charge on any atom is -0.497 e. The summed E-state index contributed by atoms with van der Waals surface area (Å²) in [4.78, 5) is 10.9. The molecule has 4 rings (SSSR count). The Kier molecular flexibility index (Phi) is 8.30. The SMILES string of the molecule is COc1ccccc1.C[C@@H](COc1ccc2c(cnn2-c2ccc(F)cc2)c1)NC(=O)C(F)(F)F.[HH]. The topological polar surface area (TPSA) is 65.4 Å². The Morgan fingerprint density at radius 1 is 1.06 bits per heavy atom. The summed E-state index contributed by atoms with van der Waals surface area (Å²) in [7, 11) is 1.66. The van der Waals surface area contributed by atoms with Gasteiger partial charge in [0, 0.05) is 6.81 Å². The van der Waals surface area contributed by atoms with Crippen molar-refractivity contribution in [2.45, 2.75) is 19.1 Å². The molecule has 0 aliphatic carbocycles. The van der Waals surface area contributed by atoms with E-state index in [1.807, 2.05) is 35.6 Å². The van der Waals surface area contributed by atoms with Crippen LogP contribution in [-0.2, 0) is 4.79 Å². The van der Waals surface area contributed by atoms with E-state index >= 15 is 0 Å². The first-order valence-corrected chi connectivity index (χ1v) is 10.5. The molecule has 3 aromatic carbocycles. The molecule has 0 unspecified atom stereocenters. The molecule has 0 fully saturated rings. The predicted octanol–water partition coefficient (Wildman–Crippen LogP) is 5.55. The molecule has 0 radical (unpaired) electrons. The fourth-order valence-electron chi connectivity index (χ4n) is 3.01. The quantitative estimate of drug-likeness (QED) is 0.359. The van der Waals surface area contributed by atoms with Crippen LogP contribution in [0.25, 0.3) is 16.6 Å². The maximum atomic E-state index is 13.1. The molecule has 1 aromatic heterocycles. The monoisotopic (exact) mass is 491 g/mol. The minimum atomic E-state index is -4.93. The van der Waals surface area contributed by atoms with E-state index in [4.69, 9.17) is 9.47 Å². The maximum Gasteiger partial charge on any atom is 0.471 e. The number of carbonyl (C=O) groups is 1. The summed E-state index contributed by atoms with van der Waals surface area (Å²) in [5.74, 6) is -1.02. The van der Waals surface area contributed by atoms with E-state index in [1.165, 1.54) is 19.1 Å². The summed E-state index contributed by atoms with van der Waals surface area (Å²) in [5.41, 5.74) is 1.44. The van der Waals surface area contributed by atoms with Crippen LogP contribution in [0.5, 0.6) is 11.5 Å². The second kappa shape index (κ2) is 11.4. The lowest BCUT2D eigenvalue weighted by atomic mass is 10.2. The van der Waals surface area contributed by atoms with Gasteiger partial charge in [0.25, 0.3) is 0 Å². The van der Waals surface area contributed by atoms with Crippen molar-refractivity contribution in [2.24, 2.45) is 0 Å². The van der Waals surface area contributed by atoms with Gasteiger partial charge in [-0.2, -0.15) is 18.3 Å². The number of benzene rings is 3. The van der Waals surface area contributed by atoms with Crippen LogP contribution in [0.1, 0.15) is 8.35 Å². The van der Waals surface area contributed by atoms with Crippen molar-refractivity contribution in [1.82, 2.24) is 15.1 Å². The number of nitrogens with one attached hydrogen (secondary N) is 1. The predicted molar refractivity (Wildman–Crippen MR) is 125 cm³/mol. The molecular weight excluding hydrogens is 466 g/mol. The first-order valence-electron chi connectivity index (χ1n) is 10.5. The van der Waals surface area contributed by atoms with Gasteiger partial charge in [0.15, 0.2) is 0 Å². The van der Waals surface area contributed by atoms with E-state index in [0.29, 0.717) is 11.4 Å². The number of aromatic nitrogens is 2. The van der Waals surface area contributed by atoms with E-state index < -0.39 is 18.1 Å². The summed E-state index contributed by atoms with van der Waals surface area (Å²) in [6, 6.07) is 19.8. The van der Waals surface area contributed by atoms with Crippen molar-refractivity contribution in [3.63, 3.8) is 0 Å². The third-order valence-corrected chi connectivity index (χ3v) is 4.72. The number of amides is 1. The molecular formula is C25H25F4N3O3. The van der Waals surface area contributed by atoms with Gasteiger partial charge in [0.05, 0.1) is 30.6 Å². The highest BCUT2D eigenvalue weighted by molar-refractivity contribution is 5.82. The summed E-state index contributed by atoms with van der Waals surface area (Å²) in [5, 5.41) is 6.82. The lowest BCUT2D eigenvalue weighted by Gasteiger charge is -2.16. The van der Waals surface area contributed by atoms with Gasteiger partial charge in [0.1, 0.15) is 23.9 Å². The summed E-state index contributed by atoms with van der Waals surface area (Å²) in [6.45, 7) is 1.29. The Hall–Kier alpha value is -4.08. The molecule has 1 amide bonds. The molecule has 35 heavy (non-hydrogen) atoms. The number of alkyl halides is 3. The lowest BCUT2D eigenvalue weighted by molar-refractivity contribution is -0.174. The van der Waals surface area contributed by atoms with Crippen LogP contribution in [-0.4, -0.2) is 41.6 Å². The van der Waals surface area contributed by atoms with Crippen LogP contribution in [0.3, 0.4) is 0 Å². The fourth-order valence-corrected chi connectivity index (χ4v) is 3.01. The second-order valence-corrected chi connectivity index (χ2v) is 7.45. The number of hydrogen-bond donors (Lipinski definition) is 1. The van der Waals surface area contributed by atoms with Gasteiger partial charge >= 0.3 is 12.1 Å². The van der Waals surface area contributed by atoms with Gasteiger partial charge in [-0.1, -0.05) is 18.2 Å². The highest BCUT2D eigenvalue weighted by Gasteiger charge is 2.39. The van der Waals surface area contributed by atoms with Crippen molar-refractivity contribution in [3.8, 4) is 17.2 Å². The van der Waals surface area contributed by atoms with E-state index in [9.17, 15) is 22.4 Å². The second-order valence-electron chi connectivity index (χ2n) is 7.45. The molecule has 0 aliphatic rings. The van der Waals surface area contributed by atoms with Gasteiger partial charge < -0.3 is 14.8 Å². The van der Waals surface area contributed by atoms with E-state index in [1.54, 1.807) is 48.3 Å². The molecule has 6 nitrogen and oxygen atoms in total. The van der Waals surface area contributed by atoms with Crippen molar-refractivity contribution in [2.75, 3.05) is 13.7 Å². The van der Waals surface area contributed by atoms with Gasteiger partial charge in [-0.05, 0) is 61.5 Å². The molecule has 0 aliphatic heterocycles. The zero-order valence-electron chi connectivity index (χ0n) is 18.9. The Balaban J connectivity index is 0.000000433. The summed E-state index contributed by atoms with van der Waals surface area (Å²) < 4.78 is 61.7. The zero-order chi connectivity index (χ0) is 25.4. The van der Waals surface area contributed by atoms with Gasteiger partial charge in [-0.15, -0.1) is 0 Å². The molecule has 1 N–H and O–H groups in total. The molecule has 10 heteroatoms. The highest BCUT2D eigenvalue weighted by atomic mass is 19.4. The van der Waals surface area contributed by atoms with Crippen LogP contribution in [0.15, 0.2) is 79.0 Å². The van der Waals surface area contributed by atoms with Crippen LogP contribution in [0.4, 0.5) is 17.6 Å². The van der Waals surface area contributed by atoms with Crippen LogP contribution in [0, 0.1) is 5.82 Å². The number of fused-ring (bicyclic) bond motifs is 1. The number of methoxy groups -OCH3 is 1. The molecule has 0 saturated carbocycles. The van der Waals surface area contributed by atoms with Crippen LogP contribution < -0.4 is 14.8 Å². The highest BCUT2D eigenvalue weighted by Crippen LogP contribution is 2.23. The smallest absolute Gasteiger partial charge is 0.471 e. The third kappa shape index (κ3) is 7.20. The van der Waals surface area contributed by atoms with Gasteiger partial charge in [0.2, 0.25) is 0 Å². The number of nitrogens with zero attached hydrogens (tertiary/aromatic N) is 2. The molecule has 186 valence electrons. The minimum absolute atomic E-state index is 0. The Morgan fingerprint density at radius 3 is 2.34 bits per heavy atom. The molecule has 4 aromatic rings. The van der Waals surface area contributed by atoms with E-state index in [-0.39, 0.29) is 13.9 Å². The van der Waals surface area contributed by atoms with Crippen molar-refractivity contribution in [3.05, 3.63) is 84.8 Å². The van der Waals surface area contributed by atoms with Gasteiger partial charge in [-0.25, -0.2) is 9.07 Å². The standard InChI is InChI=1S/C18H15F4N3O2.C7H8O.H2/c1-11(24-17(26)18(20,21)22)10-27-15-6-7-16-12(8-15)9-23-25(16)14-4-2-13(19)3-5-14;1-8-7-5-3-2-4-6-7;/h2-9,11H,10H2,1H3,(H,24,26);2-6H,1H3;1H/t11-;;/m0../s1. The number of hydrogen-bond acceptors (Lipinski definition) is 4. The molecule has 1 heterocycles. The van der Waals surface area contributed by atoms with Crippen LogP contribution >= 0.6 is 0 Å². The van der Waals surface area contributed by atoms with E-state index in [0.717, 1.165) is 16.7 Å². The number of halogens is 4. The van der Waals surface area contributed by atoms with Crippen molar-refractivity contribution < 1.29 is 33.3 Å². The third-order valence-electron chi connectivity index (χ3n) is 4.72. The first kappa shape index (κ1) is 25.5. The number of ether oxygens (including phenoxy) is 2. The van der Waals surface area contributed by atoms with Gasteiger partial charge in [-0.3, -0.25) is 4.79 Å². The molecule has 1 atom stereocenters. The molecule has 0 spiro atoms. The zero-order valence-corrected chi connectivity index (χ0v) is 18.9. The largest absolute Gasteiger partial charge is 0.497 e. The van der Waals surface area contributed by atoms with Crippen molar-refractivity contribution in [1.29, 1.82) is 0 Å². The average Bonchev–Trinajstić information content (AvgIpc) is 3.27. The Labute approximate surface area is 200 Å². The normalized spacial score (nSPS) is 11.8. The number of para-hydroxylation sites is 1. The average molecular weight is 491 g/mol. The van der Waals surface area contributed by atoms with Crippen molar-refractivity contribution >= 4 is 16.8 Å². The lowest BCUT2D eigenvalue weighted by Crippen LogP contribution is -2.44.